The van der Waals surface area contributed by atoms with Crippen LogP contribution in [0.4, 0.5) is 4.39 Å². The Morgan fingerprint density at radius 3 is 3.12 bits per heavy atom. The van der Waals surface area contributed by atoms with E-state index in [1.54, 1.807) is 19.2 Å². The van der Waals surface area contributed by atoms with Crippen molar-refractivity contribution in [2.24, 2.45) is 0 Å². The molecule has 0 radical (unpaired) electrons. The summed E-state index contributed by atoms with van der Waals surface area (Å²) in [5.41, 5.74) is 2.06. The average molecular weight is 222 g/mol. The van der Waals surface area contributed by atoms with E-state index in [0.29, 0.717) is 6.54 Å². The Kier molecular flexibility index (Phi) is 3.19. The number of carbonyl (C=O) groups is 1. The van der Waals surface area contributed by atoms with Crippen LogP contribution in [0.15, 0.2) is 18.2 Å². The molecule has 0 bridgehead atoms. The molecule has 1 aliphatic carbocycles. The van der Waals surface area contributed by atoms with E-state index in [0.717, 1.165) is 24.0 Å². The van der Waals surface area contributed by atoms with Gasteiger partial charge in [-0.25, -0.2) is 4.39 Å². The van der Waals surface area contributed by atoms with Crippen LogP contribution in [0, 0.1) is 5.82 Å². The van der Waals surface area contributed by atoms with Crippen LogP contribution >= 0.6 is 0 Å². The summed E-state index contributed by atoms with van der Waals surface area (Å²) in [5, 5.41) is 5.73. The number of rotatable bonds is 3. The SMILES string of the molecule is CNCC(=O)NC1CCc2cc(F)ccc21. The number of fused-ring (bicyclic) bond motifs is 1. The molecule has 16 heavy (non-hydrogen) atoms. The number of carbonyl (C=O) groups excluding carboxylic acids is 1. The van der Waals surface area contributed by atoms with Crippen molar-refractivity contribution in [1.82, 2.24) is 10.6 Å². The second-order valence-corrected chi connectivity index (χ2v) is 4.03. The molecule has 1 aliphatic rings. The van der Waals surface area contributed by atoms with Crippen LogP contribution in [0.3, 0.4) is 0 Å². The molecule has 1 amide bonds. The van der Waals surface area contributed by atoms with Crippen molar-refractivity contribution in [1.29, 1.82) is 0 Å². The first-order valence-corrected chi connectivity index (χ1v) is 5.43. The van der Waals surface area contributed by atoms with E-state index in [1.165, 1.54) is 6.07 Å². The van der Waals surface area contributed by atoms with E-state index in [-0.39, 0.29) is 17.8 Å². The minimum Gasteiger partial charge on any atom is -0.348 e. The number of hydrogen-bond donors (Lipinski definition) is 2. The van der Waals surface area contributed by atoms with Crippen LogP contribution in [0.1, 0.15) is 23.6 Å². The molecular formula is C12H15FN2O. The van der Waals surface area contributed by atoms with Crippen molar-refractivity contribution >= 4 is 5.91 Å². The third-order valence-corrected chi connectivity index (χ3v) is 2.86. The van der Waals surface area contributed by atoms with Gasteiger partial charge in [0.1, 0.15) is 5.82 Å². The number of aryl methyl sites for hydroxylation is 1. The molecule has 0 saturated carbocycles. The maximum atomic E-state index is 13.0. The van der Waals surface area contributed by atoms with Gasteiger partial charge < -0.3 is 10.6 Å². The average Bonchev–Trinajstić information content (AvgIpc) is 2.61. The molecule has 0 heterocycles. The summed E-state index contributed by atoms with van der Waals surface area (Å²) >= 11 is 0. The van der Waals surface area contributed by atoms with Crippen LogP contribution in [-0.2, 0) is 11.2 Å². The van der Waals surface area contributed by atoms with Gasteiger partial charge in [0.25, 0.3) is 0 Å². The normalized spacial score (nSPS) is 18.2. The predicted molar refractivity (Wildman–Crippen MR) is 59.5 cm³/mol. The molecule has 2 N–H and O–H groups in total. The van der Waals surface area contributed by atoms with Gasteiger partial charge in [-0.15, -0.1) is 0 Å². The van der Waals surface area contributed by atoms with E-state index in [4.69, 9.17) is 0 Å². The second-order valence-electron chi connectivity index (χ2n) is 4.03. The van der Waals surface area contributed by atoms with E-state index in [9.17, 15) is 9.18 Å². The zero-order valence-corrected chi connectivity index (χ0v) is 9.22. The highest BCUT2D eigenvalue weighted by atomic mass is 19.1. The van der Waals surface area contributed by atoms with E-state index in [1.807, 2.05) is 0 Å². The molecule has 1 unspecified atom stereocenters. The van der Waals surface area contributed by atoms with E-state index < -0.39 is 0 Å². The van der Waals surface area contributed by atoms with Crippen molar-refractivity contribution < 1.29 is 9.18 Å². The monoisotopic (exact) mass is 222 g/mol. The molecular weight excluding hydrogens is 207 g/mol. The third kappa shape index (κ3) is 2.22. The lowest BCUT2D eigenvalue weighted by Crippen LogP contribution is -2.34. The Morgan fingerprint density at radius 2 is 2.38 bits per heavy atom. The Morgan fingerprint density at radius 1 is 1.56 bits per heavy atom. The Labute approximate surface area is 94.0 Å². The Bertz CT molecular complexity index is 406. The number of amides is 1. The molecule has 3 nitrogen and oxygen atoms in total. The van der Waals surface area contributed by atoms with Crippen LogP contribution in [0.5, 0.6) is 0 Å². The highest BCUT2D eigenvalue weighted by Gasteiger charge is 2.23. The molecule has 1 aromatic rings. The first kappa shape index (κ1) is 11.1. The summed E-state index contributed by atoms with van der Waals surface area (Å²) in [7, 11) is 1.73. The van der Waals surface area contributed by atoms with Gasteiger partial charge in [0, 0.05) is 0 Å². The summed E-state index contributed by atoms with van der Waals surface area (Å²) in [6.45, 7) is 0.313. The van der Waals surface area contributed by atoms with Crippen LogP contribution in [0.2, 0.25) is 0 Å². The molecule has 2 rings (SSSR count). The molecule has 86 valence electrons. The summed E-state index contributed by atoms with van der Waals surface area (Å²) in [6.07, 6.45) is 1.69. The minimum absolute atomic E-state index is 0.0234. The predicted octanol–water partition coefficient (Wildman–Crippen LogP) is 1.15. The lowest BCUT2D eigenvalue weighted by atomic mass is 10.1. The van der Waals surface area contributed by atoms with E-state index >= 15 is 0 Å². The van der Waals surface area contributed by atoms with Gasteiger partial charge in [0.15, 0.2) is 0 Å². The van der Waals surface area contributed by atoms with Gasteiger partial charge in [-0.3, -0.25) is 4.79 Å². The van der Waals surface area contributed by atoms with Crippen LogP contribution in [-0.4, -0.2) is 19.5 Å². The van der Waals surface area contributed by atoms with Gasteiger partial charge in [-0.2, -0.15) is 0 Å². The summed E-state index contributed by atoms with van der Waals surface area (Å²) in [6, 6.07) is 4.81. The zero-order chi connectivity index (χ0) is 11.5. The lowest BCUT2D eigenvalue weighted by molar-refractivity contribution is -0.120. The third-order valence-electron chi connectivity index (χ3n) is 2.86. The molecule has 4 heteroatoms. The van der Waals surface area contributed by atoms with Crippen molar-refractivity contribution in [2.75, 3.05) is 13.6 Å². The van der Waals surface area contributed by atoms with Gasteiger partial charge in [-0.1, -0.05) is 6.07 Å². The molecule has 0 fully saturated rings. The number of hydrogen-bond acceptors (Lipinski definition) is 2. The Hall–Kier alpha value is -1.42. The van der Waals surface area contributed by atoms with Gasteiger partial charge in [0.05, 0.1) is 12.6 Å². The van der Waals surface area contributed by atoms with Crippen LogP contribution < -0.4 is 10.6 Å². The van der Waals surface area contributed by atoms with Crippen molar-refractivity contribution in [3.05, 3.63) is 35.1 Å². The highest BCUT2D eigenvalue weighted by Crippen LogP contribution is 2.31. The summed E-state index contributed by atoms with van der Waals surface area (Å²) < 4.78 is 13.0. The summed E-state index contributed by atoms with van der Waals surface area (Å²) in [5.74, 6) is -0.231. The number of nitrogens with one attached hydrogen (secondary N) is 2. The highest BCUT2D eigenvalue weighted by molar-refractivity contribution is 5.78. The maximum Gasteiger partial charge on any atom is 0.234 e. The zero-order valence-electron chi connectivity index (χ0n) is 9.22. The number of likely N-dealkylation sites (N-methyl/N-ethyl adjacent to an activating group) is 1. The lowest BCUT2D eigenvalue weighted by Gasteiger charge is -2.13. The van der Waals surface area contributed by atoms with Gasteiger partial charge in [0.2, 0.25) is 5.91 Å². The Balaban J connectivity index is 2.09. The largest absolute Gasteiger partial charge is 0.348 e. The fourth-order valence-corrected chi connectivity index (χ4v) is 2.14. The number of benzene rings is 1. The molecule has 0 aliphatic heterocycles. The second kappa shape index (κ2) is 4.61. The smallest absolute Gasteiger partial charge is 0.234 e. The molecule has 0 spiro atoms. The fraction of sp³-hybridized carbons (Fsp3) is 0.417. The molecule has 0 aromatic heterocycles. The fourth-order valence-electron chi connectivity index (χ4n) is 2.14. The van der Waals surface area contributed by atoms with Crippen LogP contribution in [0.25, 0.3) is 0 Å². The van der Waals surface area contributed by atoms with Gasteiger partial charge in [-0.05, 0) is 43.1 Å². The number of halogens is 1. The molecule has 1 aromatic carbocycles. The first-order valence-electron chi connectivity index (χ1n) is 5.43. The van der Waals surface area contributed by atoms with Crippen molar-refractivity contribution in [3.8, 4) is 0 Å². The van der Waals surface area contributed by atoms with E-state index in [2.05, 4.69) is 10.6 Å². The topological polar surface area (TPSA) is 41.1 Å². The standard InChI is InChI=1S/C12H15FN2O/c1-14-7-12(16)15-11-5-2-8-6-9(13)3-4-10(8)11/h3-4,6,11,14H,2,5,7H2,1H3,(H,15,16). The summed E-state index contributed by atoms with van der Waals surface area (Å²) in [4.78, 5) is 11.4. The maximum absolute atomic E-state index is 13.0. The van der Waals surface area contributed by atoms with Crippen molar-refractivity contribution in [3.63, 3.8) is 0 Å². The first-order chi connectivity index (χ1) is 7.70. The molecule has 1 atom stereocenters. The van der Waals surface area contributed by atoms with Gasteiger partial charge >= 0.3 is 0 Å². The quantitative estimate of drug-likeness (QED) is 0.805. The van der Waals surface area contributed by atoms with Crippen molar-refractivity contribution in [2.45, 2.75) is 18.9 Å². The molecule has 0 saturated heterocycles. The minimum atomic E-state index is -0.207.